The minimum absolute atomic E-state index is 0.145. The number of benzene rings is 1. The molecule has 1 aliphatic heterocycles. The fraction of sp³-hybridized carbons (Fsp3) is 0.389. The molecule has 1 saturated heterocycles. The molecule has 4 rings (SSSR count). The highest BCUT2D eigenvalue weighted by molar-refractivity contribution is 6.42. The van der Waals surface area contributed by atoms with Crippen LogP contribution in [0, 0.1) is 0 Å². The monoisotopic (exact) mass is 423 g/mol. The summed E-state index contributed by atoms with van der Waals surface area (Å²) in [5.74, 6) is 0.304. The van der Waals surface area contributed by atoms with Gasteiger partial charge in [-0.15, -0.1) is 0 Å². The number of hydrogen-bond donors (Lipinski definition) is 2. The molecule has 0 unspecified atom stereocenters. The van der Waals surface area contributed by atoms with E-state index >= 15 is 0 Å². The van der Waals surface area contributed by atoms with Gasteiger partial charge >= 0.3 is 0 Å². The van der Waals surface area contributed by atoms with Gasteiger partial charge in [0.2, 0.25) is 5.95 Å². The Labute approximate surface area is 172 Å². The van der Waals surface area contributed by atoms with E-state index in [4.69, 9.17) is 29.3 Å². The van der Waals surface area contributed by atoms with Gasteiger partial charge in [0.25, 0.3) is 5.56 Å². The van der Waals surface area contributed by atoms with Gasteiger partial charge in [-0.3, -0.25) is 14.7 Å². The Bertz CT molecular complexity index is 1060. The second-order valence-corrected chi connectivity index (χ2v) is 7.29. The van der Waals surface area contributed by atoms with E-state index in [2.05, 4.69) is 25.2 Å². The maximum absolute atomic E-state index is 12.6. The highest BCUT2D eigenvalue weighted by Crippen LogP contribution is 2.22. The standard InChI is InChI=1S/C18H20Cl2N6O2/c19-13-2-1-12(9-14(13)20)10-21-18-23-16-15(17(27)24-18)26(11-22-16)4-3-25-5-7-28-8-6-25/h1-2,9,11H,3-8,10H2,(H2,21,23,24,27)/i2D. The molecule has 10 heteroatoms. The topological polar surface area (TPSA) is 88.1 Å². The fourth-order valence-corrected chi connectivity index (χ4v) is 3.40. The lowest BCUT2D eigenvalue weighted by Crippen LogP contribution is -2.38. The predicted molar refractivity (Wildman–Crippen MR) is 109 cm³/mol. The number of imidazole rings is 1. The molecule has 1 aromatic carbocycles. The van der Waals surface area contributed by atoms with E-state index in [-0.39, 0.29) is 16.6 Å². The van der Waals surface area contributed by atoms with Crippen LogP contribution in [0.3, 0.4) is 0 Å². The highest BCUT2D eigenvalue weighted by Gasteiger charge is 2.14. The van der Waals surface area contributed by atoms with Crippen LogP contribution in [-0.2, 0) is 17.8 Å². The van der Waals surface area contributed by atoms with Gasteiger partial charge in [-0.25, -0.2) is 4.98 Å². The summed E-state index contributed by atoms with van der Waals surface area (Å²) in [4.78, 5) is 26.3. The Balaban J connectivity index is 1.47. The first-order valence-corrected chi connectivity index (χ1v) is 9.70. The molecule has 0 atom stereocenters. The zero-order valence-electron chi connectivity index (χ0n) is 16.0. The quantitative estimate of drug-likeness (QED) is 0.632. The number of fused-ring (bicyclic) bond motifs is 1. The second kappa shape index (κ2) is 8.48. The van der Waals surface area contributed by atoms with Crippen molar-refractivity contribution < 1.29 is 6.11 Å². The van der Waals surface area contributed by atoms with Crippen molar-refractivity contribution in [2.75, 3.05) is 38.2 Å². The largest absolute Gasteiger partial charge is 0.379 e. The first kappa shape index (κ1) is 17.9. The number of halogens is 2. The van der Waals surface area contributed by atoms with E-state index in [0.717, 1.165) is 38.4 Å². The average Bonchev–Trinajstić information content (AvgIpc) is 3.13. The SMILES string of the molecule is [2H]c1cc(CNc2nc3ncn(CCN4CCOCC4)c3c(=O)[nH]2)cc(Cl)c1Cl. The van der Waals surface area contributed by atoms with Crippen molar-refractivity contribution >= 4 is 40.3 Å². The number of nitrogens with zero attached hydrogens (tertiary/aromatic N) is 4. The molecule has 0 amide bonds. The van der Waals surface area contributed by atoms with Gasteiger partial charge in [0.1, 0.15) is 0 Å². The molecule has 1 aliphatic rings. The highest BCUT2D eigenvalue weighted by atomic mass is 35.5. The summed E-state index contributed by atoms with van der Waals surface area (Å²) in [6.45, 7) is 5.07. The summed E-state index contributed by atoms with van der Waals surface area (Å²) in [5.41, 5.74) is 1.33. The summed E-state index contributed by atoms with van der Waals surface area (Å²) < 4.78 is 15.0. The van der Waals surface area contributed by atoms with Crippen LogP contribution in [0.25, 0.3) is 11.2 Å². The predicted octanol–water partition coefficient (Wildman–Crippen LogP) is 2.37. The Morgan fingerprint density at radius 2 is 2.11 bits per heavy atom. The number of aromatic amines is 1. The second-order valence-electron chi connectivity index (χ2n) is 6.50. The van der Waals surface area contributed by atoms with E-state index in [1.807, 2.05) is 4.57 Å². The summed E-state index contributed by atoms with van der Waals surface area (Å²) in [6.07, 6.45) is 1.64. The Morgan fingerprint density at radius 3 is 2.89 bits per heavy atom. The number of ether oxygens (including phenoxy) is 1. The van der Waals surface area contributed by atoms with Crippen molar-refractivity contribution in [3.63, 3.8) is 0 Å². The van der Waals surface area contributed by atoms with Crippen LogP contribution in [-0.4, -0.2) is 57.3 Å². The van der Waals surface area contributed by atoms with Crippen molar-refractivity contribution in [3.8, 4) is 0 Å². The van der Waals surface area contributed by atoms with E-state index in [1.165, 1.54) is 0 Å². The average molecular weight is 424 g/mol. The van der Waals surface area contributed by atoms with Crippen molar-refractivity contribution in [1.82, 2.24) is 24.4 Å². The summed E-state index contributed by atoms with van der Waals surface area (Å²) in [6, 6.07) is 3.43. The molecule has 2 aromatic heterocycles. The van der Waals surface area contributed by atoms with Crippen molar-refractivity contribution in [2.24, 2.45) is 0 Å². The van der Waals surface area contributed by atoms with Crippen LogP contribution < -0.4 is 10.9 Å². The molecule has 0 spiro atoms. The van der Waals surface area contributed by atoms with Crippen LogP contribution >= 0.6 is 23.2 Å². The maximum Gasteiger partial charge on any atom is 0.278 e. The number of rotatable bonds is 6. The number of nitrogens with one attached hydrogen (secondary N) is 2. The lowest BCUT2D eigenvalue weighted by Gasteiger charge is -2.26. The molecule has 0 radical (unpaired) electrons. The Morgan fingerprint density at radius 1 is 1.29 bits per heavy atom. The van der Waals surface area contributed by atoms with Gasteiger partial charge in [0.15, 0.2) is 11.2 Å². The molecular weight excluding hydrogens is 403 g/mol. The maximum atomic E-state index is 12.6. The summed E-state index contributed by atoms with van der Waals surface area (Å²) in [7, 11) is 0. The molecule has 0 aliphatic carbocycles. The molecule has 3 heterocycles. The van der Waals surface area contributed by atoms with Gasteiger partial charge in [-0.2, -0.15) is 4.98 Å². The molecule has 2 N–H and O–H groups in total. The molecule has 0 saturated carbocycles. The zero-order valence-corrected chi connectivity index (χ0v) is 16.6. The first-order valence-electron chi connectivity index (χ1n) is 9.45. The molecule has 3 aromatic rings. The molecule has 28 heavy (non-hydrogen) atoms. The number of morpholine rings is 1. The summed E-state index contributed by atoms with van der Waals surface area (Å²) >= 11 is 11.9. The number of anilines is 1. The first-order chi connectivity index (χ1) is 14.0. The smallest absolute Gasteiger partial charge is 0.278 e. The number of H-pyrrole nitrogens is 1. The normalized spacial score (nSPS) is 15.7. The van der Waals surface area contributed by atoms with E-state index in [1.54, 1.807) is 18.5 Å². The minimum atomic E-state index is -0.257. The van der Waals surface area contributed by atoms with Crippen LogP contribution in [0.1, 0.15) is 6.93 Å². The van der Waals surface area contributed by atoms with Crippen LogP contribution in [0.15, 0.2) is 29.3 Å². The van der Waals surface area contributed by atoms with E-state index in [9.17, 15) is 4.79 Å². The van der Waals surface area contributed by atoms with Gasteiger partial charge in [-0.05, 0) is 17.7 Å². The van der Waals surface area contributed by atoms with E-state index in [0.29, 0.717) is 35.2 Å². The molecule has 0 bridgehead atoms. The Hall–Kier alpha value is -2.13. The van der Waals surface area contributed by atoms with Crippen LogP contribution in [0.2, 0.25) is 10.0 Å². The van der Waals surface area contributed by atoms with Gasteiger partial charge in [0, 0.05) is 32.7 Å². The van der Waals surface area contributed by atoms with Crippen molar-refractivity contribution in [1.29, 1.82) is 0 Å². The van der Waals surface area contributed by atoms with Gasteiger partial charge < -0.3 is 14.6 Å². The molecule has 8 nitrogen and oxygen atoms in total. The van der Waals surface area contributed by atoms with Crippen molar-refractivity contribution in [2.45, 2.75) is 13.1 Å². The van der Waals surface area contributed by atoms with Gasteiger partial charge in [-0.1, -0.05) is 29.3 Å². The third-order valence-corrected chi connectivity index (χ3v) is 5.32. The zero-order chi connectivity index (χ0) is 20.4. The third kappa shape index (κ3) is 4.30. The van der Waals surface area contributed by atoms with E-state index < -0.39 is 0 Å². The lowest BCUT2D eigenvalue weighted by molar-refractivity contribution is 0.0365. The molecular formula is C18H20Cl2N6O2. The van der Waals surface area contributed by atoms with Crippen LogP contribution in [0.5, 0.6) is 0 Å². The lowest BCUT2D eigenvalue weighted by atomic mass is 10.2. The Kier molecular flexibility index (Phi) is 5.43. The number of hydrogen-bond acceptors (Lipinski definition) is 6. The molecule has 148 valence electrons. The third-order valence-electron chi connectivity index (χ3n) is 4.61. The van der Waals surface area contributed by atoms with Crippen LogP contribution in [0.4, 0.5) is 5.95 Å². The summed E-state index contributed by atoms with van der Waals surface area (Å²) in [5, 5.41) is 3.56. The minimum Gasteiger partial charge on any atom is -0.379 e. The fourth-order valence-electron chi connectivity index (χ4n) is 3.09. The van der Waals surface area contributed by atoms with Crippen molar-refractivity contribution in [3.05, 3.63) is 50.5 Å². The van der Waals surface area contributed by atoms with Gasteiger partial charge in [0.05, 0.1) is 31.0 Å². The molecule has 1 fully saturated rings. The number of aromatic nitrogens is 4.